The number of carbonyl (C=O) groups excluding carboxylic acids is 2. The topological polar surface area (TPSA) is 107 Å². The van der Waals surface area contributed by atoms with Crippen molar-refractivity contribution in [1.82, 2.24) is 14.9 Å². The SMILES string of the molecule is CC(=O)Nc1ccc(CCN2CCCN(c3nc4c(C(N)=O)cccc4[nH]3)CC2)cc1. The first-order valence-corrected chi connectivity index (χ1v) is 10.6. The van der Waals surface area contributed by atoms with Crippen molar-refractivity contribution < 1.29 is 9.59 Å². The number of nitrogens with two attached hydrogens (primary N) is 1. The molecule has 4 N–H and O–H groups in total. The second-order valence-corrected chi connectivity index (χ2v) is 7.94. The molecule has 1 aliphatic heterocycles. The van der Waals surface area contributed by atoms with E-state index >= 15 is 0 Å². The van der Waals surface area contributed by atoms with Crippen LogP contribution in [0.5, 0.6) is 0 Å². The van der Waals surface area contributed by atoms with Crippen LogP contribution in [0.3, 0.4) is 0 Å². The number of hydrogen-bond donors (Lipinski definition) is 3. The number of amides is 2. The highest BCUT2D eigenvalue weighted by Gasteiger charge is 2.19. The Kier molecular flexibility index (Phi) is 6.18. The molecule has 1 aromatic heterocycles. The minimum atomic E-state index is -0.462. The van der Waals surface area contributed by atoms with Crippen LogP contribution >= 0.6 is 0 Å². The minimum absolute atomic E-state index is 0.0582. The predicted octanol–water partition coefficient (Wildman–Crippen LogP) is 2.38. The van der Waals surface area contributed by atoms with Gasteiger partial charge < -0.3 is 25.8 Å². The number of aromatic nitrogens is 2. The van der Waals surface area contributed by atoms with Crippen LogP contribution in [0.4, 0.5) is 11.6 Å². The van der Waals surface area contributed by atoms with Crippen molar-refractivity contribution in [3.8, 4) is 0 Å². The molecular formula is C23H28N6O2. The number of aromatic amines is 1. The molecule has 0 saturated carbocycles. The number of fused-ring (bicyclic) bond motifs is 1. The lowest BCUT2D eigenvalue weighted by molar-refractivity contribution is -0.114. The van der Waals surface area contributed by atoms with Gasteiger partial charge in [-0.05, 0) is 49.2 Å². The number of hydrogen-bond acceptors (Lipinski definition) is 5. The summed E-state index contributed by atoms with van der Waals surface area (Å²) in [4.78, 5) is 35.5. The number of primary amides is 1. The molecule has 31 heavy (non-hydrogen) atoms. The maximum atomic E-state index is 11.7. The third-order valence-electron chi connectivity index (χ3n) is 5.64. The number of nitrogens with zero attached hydrogens (tertiary/aromatic N) is 3. The monoisotopic (exact) mass is 420 g/mol. The maximum absolute atomic E-state index is 11.7. The van der Waals surface area contributed by atoms with Crippen LogP contribution in [0, 0.1) is 0 Å². The third-order valence-corrected chi connectivity index (χ3v) is 5.64. The Hall–Kier alpha value is -3.39. The van der Waals surface area contributed by atoms with Crippen molar-refractivity contribution >= 4 is 34.5 Å². The van der Waals surface area contributed by atoms with E-state index in [2.05, 4.69) is 37.2 Å². The summed E-state index contributed by atoms with van der Waals surface area (Å²) >= 11 is 0. The standard InChI is InChI=1S/C23H28N6O2/c1-16(30)25-18-8-6-17(7-9-18)10-13-28-11-3-12-29(15-14-28)23-26-20-5-2-4-19(22(24)31)21(20)27-23/h2,4-9H,3,10-15H2,1H3,(H2,24,31)(H,25,30)(H,26,27). The number of nitrogens with one attached hydrogen (secondary N) is 2. The molecule has 2 aromatic carbocycles. The van der Waals surface area contributed by atoms with E-state index in [-0.39, 0.29) is 5.91 Å². The van der Waals surface area contributed by atoms with Crippen molar-refractivity contribution in [3.63, 3.8) is 0 Å². The Morgan fingerprint density at radius 3 is 2.65 bits per heavy atom. The lowest BCUT2D eigenvalue weighted by Gasteiger charge is -2.21. The van der Waals surface area contributed by atoms with Crippen LogP contribution < -0.4 is 16.0 Å². The molecule has 0 aliphatic carbocycles. The van der Waals surface area contributed by atoms with E-state index in [1.54, 1.807) is 6.07 Å². The molecule has 4 rings (SSSR count). The van der Waals surface area contributed by atoms with Crippen LogP contribution in [0.25, 0.3) is 11.0 Å². The van der Waals surface area contributed by atoms with Gasteiger partial charge in [-0.1, -0.05) is 18.2 Å². The number of carbonyl (C=O) groups is 2. The van der Waals surface area contributed by atoms with Crippen molar-refractivity contribution in [2.24, 2.45) is 5.73 Å². The molecule has 0 atom stereocenters. The molecule has 3 aromatic rings. The van der Waals surface area contributed by atoms with E-state index in [0.29, 0.717) is 11.1 Å². The second kappa shape index (κ2) is 9.18. The minimum Gasteiger partial charge on any atom is -0.366 e. The fourth-order valence-corrected chi connectivity index (χ4v) is 4.02. The summed E-state index contributed by atoms with van der Waals surface area (Å²) in [6.45, 7) is 6.26. The summed E-state index contributed by atoms with van der Waals surface area (Å²) in [6, 6.07) is 13.5. The summed E-state index contributed by atoms with van der Waals surface area (Å²) in [6.07, 6.45) is 2.01. The van der Waals surface area contributed by atoms with Gasteiger partial charge in [0.1, 0.15) is 5.52 Å². The van der Waals surface area contributed by atoms with E-state index in [1.165, 1.54) is 12.5 Å². The second-order valence-electron chi connectivity index (χ2n) is 7.94. The average Bonchev–Trinajstić information content (AvgIpc) is 3.04. The van der Waals surface area contributed by atoms with Gasteiger partial charge in [0.05, 0.1) is 11.1 Å². The molecular weight excluding hydrogens is 392 g/mol. The van der Waals surface area contributed by atoms with Crippen molar-refractivity contribution in [1.29, 1.82) is 0 Å². The van der Waals surface area contributed by atoms with Crippen molar-refractivity contribution in [2.75, 3.05) is 42.9 Å². The van der Waals surface area contributed by atoms with Gasteiger partial charge in [-0.25, -0.2) is 4.98 Å². The Balaban J connectivity index is 1.35. The van der Waals surface area contributed by atoms with E-state index in [1.807, 2.05) is 24.3 Å². The number of anilines is 2. The highest BCUT2D eigenvalue weighted by Crippen LogP contribution is 2.22. The smallest absolute Gasteiger partial charge is 0.250 e. The summed E-state index contributed by atoms with van der Waals surface area (Å²) in [5.41, 5.74) is 9.48. The normalized spacial score (nSPS) is 15.1. The molecule has 0 radical (unpaired) electrons. The first-order valence-electron chi connectivity index (χ1n) is 10.6. The fourth-order valence-electron chi connectivity index (χ4n) is 4.02. The van der Waals surface area contributed by atoms with Crippen LogP contribution in [0.15, 0.2) is 42.5 Å². The summed E-state index contributed by atoms with van der Waals surface area (Å²) < 4.78 is 0. The zero-order valence-corrected chi connectivity index (χ0v) is 17.7. The Morgan fingerprint density at radius 2 is 1.90 bits per heavy atom. The molecule has 162 valence electrons. The molecule has 8 heteroatoms. The van der Waals surface area contributed by atoms with Gasteiger partial charge in [-0.3, -0.25) is 9.59 Å². The molecule has 1 aliphatic rings. The Morgan fingerprint density at radius 1 is 1.10 bits per heavy atom. The molecule has 8 nitrogen and oxygen atoms in total. The lowest BCUT2D eigenvalue weighted by atomic mass is 10.1. The van der Waals surface area contributed by atoms with Crippen LogP contribution in [-0.2, 0) is 11.2 Å². The van der Waals surface area contributed by atoms with Crippen LogP contribution in [0.1, 0.15) is 29.3 Å². The Labute approximate surface area is 181 Å². The number of rotatable bonds is 6. The average molecular weight is 421 g/mol. The molecule has 1 fully saturated rings. The molecule has 0 spiro atoms. The lowest BCUT2D eigenvalue weighted by Crippen LogP contribution is -2.32. The first-order chi connectivity index (χ1) is 15.0. The number of benzene rings is 2. The third kappa shape index (κ3) is 5.03. The number of H-pyrrole nitrogens is 1. The summed E-state index contributed by atoms with van der Waals surface area (Å²) in [7, 11) is 0. The van der Waals surface area contributed by atoms with Gasteiger partial charge >= 0.3 is 0 Å². The van der Waals surface area contributed by atoms with E-state index in [0.717, 1.165) is 62.7 Å². The quantitative estimate of drug-likeness (QED) is 0.568. The molecule has 2 amide bonds. The fraction of sp³-hybridized carbons (Fsp3) is 0.348. The van der Waals surface area contributed by atoms with Gasteiger partial charge in [0.25, 0.3) is 5.91 Å². The van der Waals surface area contributed by atoms with Crippen LogP contribution in [0.2, 0.25) is 0 Å². The highest BCUT2D eigenvalue weighted by molar-refractivity contribution is 6.04. The molecule has 1 saturated heterocycles. The largest absolute Gasteiger partial charge is 0.366 e. The van der Waals surface area contributed by atoms with Gasteiger partial charge in [0, 0.05) is 38.8 Å². The van der Waals surface area contributed by atoms with E-state index in [4.69, 9.17) is 5.73 Å². The zero-order chi connectivity index (χ0) is 21.8. The summed E-state index contributed by atoms with van der Waals surface area (Å²) in [5.74, 6) is 0.270. The van der Waals surface area contributed by atoms with Crippen LogP contribution in [-0.4, -0.2) is 59.4 Å². The van der Waals surface area contributed by atoms with E-state index < -0.39 is 5.91 Å². The maximum Gasteiger partial charge on any atom is 0.250 e. The zero-order valence-electron chi connectivity index (χ0n) is 17.7. The van der Waals surface area contributed by atoms with Gasteiger partial charge in [0.2, 0.25) is 11.9 Å². The Bertz CT molecular complexity index is 1080. The number of imidazole rings is 1. The molecule has 0 unspecified atom stereocenters. The first kappa shape index (κ1) is 20.9. The van der Waals surface area contributed by atoms with Gasteiger partial charge in [-0.2, -0.15) is 0 Å². The van der Waals surface area contributed by atoms with E-state index in [9.17, 15) is 9.59 Å². The van der Waals surface area contributed by atoms with Gasteiger partial charge in [0.15, 0.2) is 0 Å². The molecule has 0 bridgehead atoms. The van der Waals surface area contributed by atoms with Gasteiger partial charge in [-0.15, -0.1) is 0 Å². The number of para-hydroxylation sites is 1. The highest BCUT2D eigenvalue weighted by atomic mass is 16.1. The summed E-state index contributed by atoms with van der Waals surface area (Å²) in [5, 5.41) is 2.80. The van der Waals surface area contributed by atoms with Crippen molar-refractivity contribution in [2.45, 2.75) is 19.8 Å². The van der Waals surface area contributed by atoms with Crippen molar-refractivity contribution in [3.05, 3.63) is 53.6 Å². The molecule has 2 heterocycles. The predicted molar refractivity (Wildman–Crippen MR) is 122 cm³/mol.